The van der Waals surface area contributed by atoms with Gasteiger partial charge in [-0.2, -0.15) is 13.2 Å². The van der Waals surface area contributed by atoms with E-state index in [2.05, 4.69) is 15.3 Å². The number of alkyl halides is 3. The molecule has 25 heavy (non-hydrogen) atoms. The van der Waals surface area contributed by atoms with Crippen molar-refractivity contribution in [3.8, 4) is 5.88 Å². The fourth-order valence-corrected chi connectivity index (χ4v) is 3.02. The predicted octanol–water partition coefficient (Wildman–Crippen LogP) is 4.38. The zero-order valence-electron chi connectivity index (χ0n) is 12.3. The Bertz CT molecular complexity index is 930. The third-order valence-electron chi connectivity index (χ3n) is 3.15. The highest BCUT2D eigenvalue weighted by atomic mass is 35.5. The minimum absolute atomic E-state index is 0.177. The van der Waals surface area contributed by atoms with Crippen LogP contribution in [0.5, 0.6) is 5.88 Å². The second-order valence-electron chi connectivity index (χ2n) is 4.82. The molecule has 2 aromatic heterocycles. The van der Waals surface area contributed by atoms with Crippen LogP contribution in [0.25, 0.3) is 10.2 Å². The van der Waals surface area contributed by atoms with Gasteiger partial charge in [0.25, 0.3) is 5.91 Å². The van der Waals surface area contributed by atoms with Crippen LogP contribution in [0.2, 0.25) is 5.02 Å². The molecule has 3 aromatic rings. The topological polar surface area (TPSA) is 64.1 Å². The van der Waals surface area contributed by atoms with Crippen LogP contribution in [0.1, 0.15) is 5.56 Å². The molecule has 0 unspecified atom stereocenters. The van der Waals surface area contributed by atoms with Crippen LogP contribution in [-0.2, 0) is 11.0 Å². The number of hydrogen-bond donors (Lipinski definition) is 1. The van der Waals surface area contributed by atoms with Crippen molar-refractivity contribution in [1.29, 1.82) is 0 Å². The monoisotopic (exact) mass is 387 g/mol. The molecule has 0 fully saturated rings. The summed E-state index contributed by atoms with van der Waals surface area (Å²) in [4.78, 5) is 20.6. The fraction of sp³-hybridized carbons (Fsp3) is 0.133. The summed E-state index contributed by atoms with van der Waals surface area (Å²) < 4.78 is 44.3. The van der Waals surface area contributed by atoms with E-state index in [1.165, 1.54) is 23.7 Å². The van der Waals surface area contributed by atoms with Crippen LogP contribution in [-0.4, -0.2) is 22.5 Å². The van der Waals surface area contributed by atoms with Crippen LogP contribution in [0.15, 0.2) is 36.0 Å². The van der Waals surface area contributed by atoms with E-state index < -0.39 is 29.9 Å². The van der Waals surface area contributed by atoms with Crippen molar-refractivity contribution in [3.05, 3.63) is 46.6 Å². The van der Waals surface area contributed by atoms with Gasteiger partial charge in [-0.05, 0) is 23.6 Å². The normalized spacial score (nSPS) is 11.5. The molecular weight excluding hydrogens is 379 g/mol. The number of aromatic nitrogens is 2. The number of amides is 1. The molecule has 3 rings (SSSR count). The molecule has 2 heterocycles. The number of carbonyl (C=O) groups excluding carboxylic acids is 1. The van der Waals surface area contributed by atoms with Gasteiger partial charge in [-0.3, -0.25) is 4.79 Å². The van der Waals surface area contributed by atoms with E-state index in [0.717, 1.165) is 12.1 Å². The number of hydrogen-bond acceptors (Lipinski definition) is 5. The van der Waals surface area contributed by atoms with E-state index in [9.17, 15) is 18.0 Å². The average molecular weight is 388 g/mol. The maximum Gasteiger partial charge on any atom is 0.418 e. The average Bonchev–Trinajstić information content (AvgIpc) is 3.03. The highest BCUT2D eigenvalue weighted by Crippen LogP contribution is 2.38. The number of carbonyl (C=O) groups is 1. The Morgan fingerprint density at radius 2 is 2.08 bits per heavy atom. The molecule has 0 saturated carbocycles. The molecule has 0 radical (unpaired) electrons. The molecule has 0 aliphatic rings. The number of fused-ring (bicyclic) bond motifs is 1. The summed E-state index contributed by atoms with van der Waals surface area (Å²) >= 11 is 7.16. The molecule has 10 heteroatoms. The molecule has 130 valence electrons. The molecule has 0 bridgehead atoms. The maximum absolute atomic E-state index is 13.0. The Hall–Kier alpha value is -2.39. The third kappa shape index (κ3) is 3.83. The lowest BCUT2D eigenvalue weighted by molar-refractivity contribution is -0.137. The molecule has 1 N–H and O–H groups in total. The zero-order chi connectivity index (χ0) is 18.0. The van der Waals surface area contributed by atoms with Crippen molar-refractivity contribution in [2.24, 2.45) is 0 Å². The number of benzene rings is 1. The molecule has 0 aliphatic carbocycles. The molecule has 1 aromatic carbocycles. The molecule has 5 nitrogen and oxygen atoms in total. The summed E-state index contributed by atoms with van der Waals surface area (Å²) in [7, 11) is 0. The fourth-order valence-electron chi connectivity index (χ4n) is 2.08. The first-order valence-corrected chi connectivity index (χ1v) is 8.08. The Labute approximate surface area is 148 Å². The molecule has 0 spiro atoms. The van der Waals surface area contributed by atoms with E-state index in [-0.39, 0.29) is 10.9 Å². The Morgan fingerprint density at radius 1 is 1.28 bits per heavy atom. The number of para-hydroxylation sites is 1. The van der Waals surface area contributed by atoms with E-state index >= 15 is 0 Å². The van der Waals surface area contributed by atoms with E-state index in [4.69, 9.17) is 16.3 Å². The first kappa shape index (κ1) is 17.4. The highest BCUT2D eigenvalue weighted by Gasteiger charge is 2.34. The van der Waals surface area contributed by atoms with Gasteiger partial charge in [-0.15, -0.1) is 11.3 Å². The third-order valence-corrected chi connectivity index (χ3v) is 4.28. The van der Waals surface area contributed by atoms with Gasteiger partial charge >= 0.3 is 6.18 Å². The van der Waals surface area contributed by atoms with Gasteiger partial charge in [0, 0.05) is 0 Å². The minimum atomic E-state index is -4.65. The number of nitrogens with one attached hydrogen (secondary N) is 1. The van der Waals surface area contributed by atoms with Crippen LogP contribution in [0.3, 0.4) is 0 Å². The van der Waals surface area contributed by atoms with Crippen molar-refractivity contribution >= 4 is 44.7 Å². The molecule has 1 amide bonds. The second-order valence-corrected chi connectivity index (χ2v) is 6.12. The smallest absolute Gasteiger partial charge is 0.418 e. The van der Waals surface area contributed by atoms with Gasteiger partial charge in [-0.25, -0.2) is 9.97 Å². The van der Waals surface area contributed by atoms with Gasteiger partial charge in [0.1, 0.15) is 11.2 Å². The predicted molar refractivity (Wildman–Crippen MR) is 88.0 cm³/mol. The lowest BCUT2D eigenvalue weighted by Gasteiger charge is -2.15. The van der Waals surface area contributed by atoms with Crippen LogP contribution in [0, 0.1) is 0 Å². The molecule has 0 saturated heterocycles. The number of thiophene rings is 1. The maximum atomic E-state index is 13.0. The number of halogens is 4. The van der Waals surface area contributed by atoms with Gasteiger partial charge < -0.3 is 10.1 Å². The lowest BCUT2D eigenvalue weighted by atomic mass is 10.1. The molecule has 0 atom stereocenters. The Kier molecular flexibility index (Phi) is 4.78. The standard InChI is InChI=1S/C15H9ClF3N3O2S/c16-10-3-1-2-9(15(17,18)19)12(10)22-11(23)6-24-13-8-4-5-25-14(8)21-7-20-13/h1-5,7H,6H2,(H,22,23). The Balaban J connectivity index is 1.75. The quantitative estimate of drug-likeness (QED) is 0.721. The molecule has 0 aliphatic heterocycles. The minimum Gasteiger partial charge on any atom is -0.467 e. The van der Waals surface area contributed by atoms with E-state index in [1.807, 2.05) is 0 Å². The Morgan fingerprint density at radius 3 is 2.84 bits per heavy atom. The van der Waals surface area contributed by atoms with Crippen LogP contribution >= 0.6 is 22.9 Å². The first-order chi connectivity index (χ1) is 11.9. The lowest BCUT2D eigenvalue weighted by Crippen LogP contribution is -2.23. The first-order valence-electron chi connectivity index (χ1n) is 6.83. The van der Waals surface area contributed by atoms with Gasteiger partial charge in [0.2, 0.25) is 5.88 Å². The van der Waals surface area contributed by atoms with Crippen molar-refractivity contribution in [2.75, 3.05) is 11.9 Å². The van der Waals surface area contributed by atoms with Crippen LogP contribution in [0.4, 0.5) is 18.9 Å². The van der Waals surface area contributed by atoms with Gasteiger partial charge in [0.05, 0.1) is 21.7 Å². The number of anilines is 1. The zero-order valence-corrected chi connectivity index (χ0v) is 13.9. The van der Waals surface area contributed by atoms with Crippen molar-refractivity contribution < 1.29 is 22.7 Å². The summed E-state index contributed by atoms with van der Waals surface area (Å²) in [5.74, 6) is -0.614. The number of nitrogens with zero attached hydrogens (tertiary/aromatic N) is 2. The van der Waals surface area contributed by atoms with E-state index in [0.29, 0.717) is 10.2 Å². The summed E-state index contributed by atoms with van der Waals surface area (Å²) in [6.45, 7) is -0.523. The van der Waals surface area contributed by atoms with Crippen molar-refractivity contribution in [3.63, 3.8) is 0 Å². The number of ether oxygens (including phenoxy) is 1. The summed E-state index contributed by atoms with van der Waals surface area (Å²) in [6.07, 6.45) is -3.37. The summed E-state index contributed by atoms with van der Waals surface area (Å²) in [6, 6.07) is 4.98. The van der Waals surface area contributed by atoms with Gasteiger partial charge in [0.15, 0.2) is 6.61 Å². The van der Waals surface area contributed by atoms with E-state index in [1.54, 1.807) is 11.4 Å². The van der Waals surface area contributed by atoms with Crippen molar-refractivity contribution in [2.45, 2.75) is 6.18 Å². The van der Waals surface area contributed by atoms with Crippen LogP contribution < -0.4 is 10.1 Å². The largest absolute Gasteiger partial charge is 0.467 e. The SMILES string of the molecule is O=C(COc1ncnc2sccc12)Nc1c(Cl)cccc1C(F)(F)F. The van der Waals surface area contributed by atoms with Crippen molar-refractivity contribution in [1.82, 2.24) is 9.97 Å². The number of rotatable bonds is 4. The van der Waals surface area contributed by atoms with Gasteiger partial charge in [-0.1, -0.05) is 17.7 Å². The second kappa shape index (κ2) is 6.85. The summed E-state index contributed by atoms with van der Waals surface area (Å²) in [5.41, 5.74) is -1.54. The summed E-state index contributed by atoms with van der Waals surface area (Å²) in [5, 5.41) is 4.33. The molecular formula is C15H9ClF3N3O2S. The highest BCUT2D eigenvalue weighted by molar-refractivity contribution is 7.16.